The van der Waals surface area contributed by atoms with Crippen molar-refractivity contribution >= 4 is 11.0 Å². The van der Waals surface area contributed by atoms with E-state index in [1.165, 1.54) is 12.1 Å². The van der Waals surface area contributed by atoms with Crippen molar-refractivity contribution in [2.45, 2.75) is 13.8 Å². The summed E-state index contributed by atoms with van der Waals surface area (Å²) in [5.41, 5.74) is 5.02. The summed E-state index contributed by atoms with van der Waals surface area (Å²) in [5, 5.41) is 0. The average molecular weight is 334 g/mol. The van der Waals surface area contributed by atoms with E-state index in [4.69, 9.17) is 0 Å². The highest BCUT2D eigenvalue weighted by Crippen LogP contribution is 2.32. The Morgan fingerprint density at radius 3 is 2.28 bits per heavy atom. The SMILES string of the molecule is Cc1cccc(C)c1-n1c(-c2ccc(F)cc2F)nc2ccccc21. The number of aryl methyl sites for hydroxylation is 2. The highest BCUT2D eigenvalue weighted by atomic mass is 19.1. The van der Waals surface area contributed by atoms with Gasteiger partial charge in [-0.3, -0.25) is 4.57 Å². The number of benzene rings is 3. The molecule has 0 N–H and O–H groups in total. The van der Waals surface area contributed by atoms with E-state index in [1.807, 2.05) is 60.9 Å². The summed E-state index contributed by atoms with van der Waals surface area (Å²) in [7, 11) is 0. The van der Waals surface area contributed by atoms with Crippen LogP contribution in [-0.4, -0.2) is 9.55 Å². The Labute approximate surface area is 144 Å². The van der Waals surface area contributed by atoms with Crippen LogP contribution in [0, 0.1) is 25.5 Å². The molecule has 0 fully saturated rings. The van der Waals surface area contributed by atoms with Crippen molar-refractivity contribution in [3.05, 3.63) is 83.4 Å². The quantitative estimate of drug-likeness (QED) is 0.467. The Morgan fingerprint density at radius 1 is 0.840 bits per heavy atom. The number of imidazole rings is 1. The van der Waals surface area contributed by atoms with Crippen LogP contribution in [0.15, 0.2) is 60.7 Å². The number of hydrogen-bond acceptors (Lipinski definition) is 1. The third-order valence-electron chi connectivity index (χ3n) is 4.40. The molecular weight excluding hydrogens is 318 g/mol. The van der Waals surface area contributed by atoms with Gasteiger partial charge in [-0.2, -0.15) is 0 Å². The first kappa shape index (κ1) is 15.5. The van der Waals surface area contributed by atoms with Crippen LogP contribution in [0.4, 0.5) is 8.78 Å². The molecule has 4 aromatic rings. The smallest absolute Gasteiger partial charge is 0.148 e. The molecule has 0 radical (unpaired) electrons. The van der Waals surface area contributed by atoms with E-state index in [0.717, 1.165) is 33.9 Å². The molecule has 0 spiro atoms. The van der Waals surface area contributed by atoms with Gasteiger partial charge < -0.3 is 0 Å². The molecule has 0 saturated carbocycles. The van der Waals surface area contributed by atoms with E-state index in [-0.39, 0.29) is 5.56 Å². The van der Waals surface area contributed by atoms with E-state index in [1.54, 1.807) is 0 Å². The molecule has 4 rings (SSSR count). The normalized spacial score (nSPS) is 11.2. The molecule has 4 heteroatoms. The minimum Gasteiger partial charge on any atom is -0.292 e. The van der Waals surface area contributed by atoms with Gasteiger partial charge in [0.15, 0.2) is 0 Å². The molecule has 0 bridgehead atoms. The second-order valence-corrected chi connectivity index (χ2v) is 6.12. The standard InChI is InChI=1S/C21H16F2N2/c1-13-6-5-7-14(2)20(13)25-19-9-4-3-8-18(19)24-21(25)16-11-10-15(22)12-17(16)23/h3-12H,1-2H3. The molecule has 0 aliphatic heterocycles. The lowest BCUT2D eigenvalue weighted by Crippen LogP contribution is -2.03. The van der Waals surface area contributed by atoms with Crippen LogP contribution in [-0.2, 0) is 0 Å². The number of rotatable bonds is 2. The van der Waals surface area contributed by atoms with E-state index in [9.17, 15) is 8.78 Å². The maximum atomic E-state index is 14.5. The van der Waals surface area contributed by atoms with Gasteiger partial charge in [-0.05, 0) is 49.2 Å². The van der Waals surface area contributed by atoms with Gasteiger partial charge in [0, 0.05) is 6.07 Å². The highest BCUT2D eigenvalue weighted by molar-refractivity contribution is 5.84. The van der Waals surface area contributed by atoms with Gasteiger partial charge in [-0.1, -0.05) is 30.3 Å². The molecule has 1 aromatic heterocycles. The van der Waals surface area contributed by atoms with Gasteiger partial charge in [0.05, 0.1) is 22.3 Å². The fourth-order valence-electron chi connectivity index (χ4n) is 3.26. The average Bonchev–Trinajstić information content (AvgIpc) is 2.94. The first-order chi connectivity index (χ1) is 12.1. The minimum absolute atomic E-state index is 0.278. The second-order valence-electron chi connectivity index (χ2n) is 6.12. The summed E-state index contributed by atoms with van der Waals surface area (Å²) in [6.45, 7) is 4.03. The van der Waals surface area contributed by atoms with Gasteiger partial charge >= 0.3 is 0 Å². The molecule has 2 nitrogen and oxygen atoms in total. The zero-order chi connectivity index (χ0) is 17.6. The van der Waals surface area contributed by atoms with Crippen LogP contribution in [0.3, 0.4) is 0 Å². The molecule has 124 valence electrons. The molecule has 3 aromatic carbocycles. The molecular formula is C21H16F2N2. The van der Waals surface area contributed by atoms with E-state index >= 15 is 0 Å². The molecule has 0 unspecified atom stereocenters. The van der Waals surface area contributed by atoms with Crippen molar-refractivity contribution in [1.29, 1.82) is 0 Å². The number of para-hydroxylation sites is 3. The zero-order valence-electron chi connectivity index (χ0n) is 13.9. The summed E-state index contributed by atoms with van der Waals surface area (Å²) in [6, 6.07) is 17.3. The number of nitrogens with zero attached hydrogens (tertiary/aromatic N) is 2. The Balaban J connectivity index is 2.13. The number of aromatic nitrogens is 2. The predicted molar refractivity (Wildman–Crippen MR) is 95.9 cm³/mol. The lowest BCUT2D eigenvalue weighted by molar-refractivity contribution is 0.584. The van der Waals surface area contributed by atoms with E-state index < -0.39 is 11.6 Å². The van der Waals surface area contributed by atoms with Crippen LogP contribution in [0.25, 0.3) is 28.1 Å². The molecule has 0 aliphatic rings. The number of halogens is 2. The second kappa shape index (κ2) is 5.81. The first-order valence-electron chi connectivity index (χ1n) is 8.06. The van der Waals surface area contributed by atoms with Crippen molar-refractivity contribution in [1.82, 2.24) is 9.55 Å². The maximum absolute atomic E-state index is 14.5. The van der Waals surface area contributed by atoms with E-state index in [2.05, 4.69) is 4.98 Å². The first-order valence-corrected chi connectivity index (χ1v) is 8.06. The number of fused-ring (bicyclic) bond motifs is 1. The molecule has 0 aliphatic carbocycles. The fraction of sp³-hybridized carbons (Fsp3) is 0.0952. The van der Waals surface area contributed by atoms with Crippen LogP contribution in [0.2, 0.25) is 0 Å². The lowest BCUT2D eigenvalue weighted by Gasteiger charge is -2.15. The summed E-state index contributed by atoms with van der Waals surface area (Å²) in [4.78, 5) is 4.63. The van der Waals surface area contributed by atoms with Crippen LogP contribution >= 0.6 is 0 Å². The summed E-state index contributed by atoms with van der Waals surface area (Å²) in [6.07, 6.45) is 0. The predicted octanol–water partition coefficient (Wildman–Crippen LogP) is 5.59. The topological polar surface area (TPSA) is 17.8 Å². The van der Waals surface area contributed by atoms with Gasteiger partial charge in [-0.15, -0.1) is 0 Å². The van der Waals surface area contributed by atoms with Crippen molar-refractivity contribution in [3.63, 3.8) is 0 Å². The molecule has 1 heterocycles. The molecule has 0 saturated heterocycles. The molecule has 25 heavy (non-hydrogen) atoms. The largest absolute Gasteiger partial charge is 0.292 e. The molecule has 0 atom stereocenters. The van der Waals surface area contributed by atoms with Gasteiger partial charge in [0.25, 0.3) is 0 Å². The molecule has 0 amide bonds. The van der Waals surface area contributed by atoms with Crippen LogP contribution < -0.4 is 0 Å². The minimum atomic E-state index is -0.622. The summed E-state index contributed by atoms with van der Waals surface area (Å²) < 4.78 is 29.8. The maximum Gasteiger partial charge on any atom is 0.148 e. The van der Waals surface area contributed by atoms with Crippen molar-refractivity contribution in [3.8, 4) is 17.1 Å². The monoisotopic (exact) mass is 334 g/mol. The fourth-order valence-corrected chi connectivity index (χ4v) is 3.26. The summed E-state index contributed by atoms with van der Waals surface area (Å²) in [5.74, 6) is -0.755. The van der Waals surface area contributed by atoms with Gasteiger partial charge in [-0.25, -0.2) is 13.8 Å². The van der Waals surface area contributed by atoms with Crippen LogP contribution in [0.1, 0.15) is 11.1 Å². The van der Waals surface area contributed by atoms with Crippen molar-refractivity contribution < 1.29 is 8.78 Å². The highest BCUT2D eigenvalue weighted by Gasteiger charge is 2.19. The number of hydrogen-bond donors (Lipinski definition) is 0. The zero-order valence-corrected chi connectivity index (χ0v) is 13.9. The Morgan fingerprint density at radius 2 is 1.56 bits per heavy atom. The van der Waals surface area contributed by atoms with E-state index in [0.29, 0.717) is 5.82 Å². The third kappa shape index (κ3) is 2.50. The van der Waals surface area contributed by atoms with Crippen LogP contribution in [0.5, 0.6) is 0 Å². The van der Waals surface area contributed by atoms with Gasteiger partial charge in [0.1, 0.15) is 17.5 Å². The Hall–Kier alpha value is -3.01. The Bertz CT molecular complexity index is 1080. The lowest BCUT2D eigenvalue weighted by atomic mass is 10.1. The van der Waals surface area contributed by atoms with Gasteiger partial charge in [0.2, 0.25) is 0 Å². The van der Waals surface area contributed by atoms with Crippen molar-refractivity contribution in [2.24, 2.45) is 0 Å². The summed E-state index contributed by atoms with van der Waals surface area (Å²) >= 11 is 0. The van der Waals surface area contributed by atoms with Crippen molar-refractivity contribution in [2.75, 3.05) is 0 Å². The third-order valence-corrected chi connectivity index (χ3v) is 4.40. The Kier molecular flexibility index (Phi) is 3.61.